The minimum atomic E-state index is -4.66. The maximum absolute atomic E-state index is 13.9. The molecule has 9 rings (SSSR count). The van der Waals surface area contributed by atoms with Crippen LogP contribution in [0.25, 0.3) is 11.0 Å². The molecule has 1 unspecified atom stereocenters. The zero-order chi connectivity index (χ0) is 43.9. The number of ether oxygens (including phenoxy) is 1. The number of sulfonamides is 1. The van der Waals surface area contributed by atoms with Crippen LogP contribution in [0.3, 0.4) is 0 Å². The Kier molecular flexibility index (Phi) is 11.7. The number of hydrogen-bond donors (Lipinski definition) is 4. The van der Waals surface area contributed by atoms with Gasteiger partial charge in [0.1, 0.15) is 34.2 Å². The van der Waals surface area contributed by atoms with E-state index in [1.165, 1.54) is 49.2 Å². The Morgan fingerprint density at radius 3 is 2.51 bits per heavy atom. The quantitative estimate of drug-likeness (QED) is 0.0714. The number of benzene rings is 2. The molecule has 1 atom stereocenters. The number of aromatic amines is 1. The van der Waals surface area contributed by atoms with Crippen LogP contribution in [-0.2, 0) is 14.8 Å². The van der Waals surface area contributed by atoms with Crippen molar-refractivity contribution in [3.63, 3.8) is 0 Å². The molecule has 1 aliphatic carbocycles. The summed E-state index contributed by atoms with van der Waals surface area (Å²) in [5.41, 5.74) is 2.93. The van der Waals surface area contributed by atoms with Gasteiger partial charge < -0.3 is 25.3 Å². The summed E-state index contributed by atoms with van der Waals surface area (Å²) < 4.78 is 35.7. The third-order valence-electron chi connectivity index (χ3n) is 13.6. The first kappa shape index (κ1) is 42.4. The number of anilines is 2. The molecule has 2 amide bonds. The number of amides is 2. The number of pyridine rings is 2. The van der Waals surface area contributed by atoms with Crippen molar-refractivity contribution in [2.75, 3.05) is 42.9 Å². The lowest BCUT2D eigenvalue weighted by Crippen LogP contribution is -2.55. The highest BCUT2D eigenvalue weighted by atomic mass is 32.2. The largest absolute Gasteiger partial charge is 0.455 e. The SMILES string of the molecule is CC(C)c1ccccc1C1CCCN1C1CC2(CCN(c3cc(Oc4cnc5[nH]ccc5c4)c(C(=O)NS(=O)(=O)c4ccc(NC(=O)C5CCNCC5)c([N+](=O)[O-])c4)cn3)CC2)C1. The molecule has 3 aromatic heterocycles. The van der Waals surface area contributed by atoms with Gasteiger partial charge in [-0.15, -0.1) is 0 Å². The fraction of sp³-hybridized carbons (Fsp3) is 0.435. The van der Waals surface area contributed by atoms with E-state index in [0.717, 1.165) is 56.1 Å². The van der Waals surface area contributed by atoms with E-state index in [1.807, 2.05) is 6.07 Å². The van der Waals surface area contributed by atoms with Crippen molar-refractivity contribution in [3.8, 4) is 11.5 Å². The number of aromatic nitrogens is 3. The van der Waals surface area contributed by atoms with Crippen LogP contribution in [0.1, 0.15) is 98.7 Å². The summed E-state index contributed by atoms with van der Waals surface area (Å²) in [5, 5.41) is 18.6. The number of fused-ring (bicyclic) bond motifs is 1. The minimum absolute atomic E-state index is 0.0667. The number of rotatable bonds is 12. The van der Waals surface area contributed by atoms with E-state index in [9.17, 15) is 28.1 Å². The van der Waals surface area contributed by atoms with E-state index in [-0.39, 0.29) is 34.2 Å². The number of piperidine rings is 2. The molecule has 6 heterocycles. The Morgan fingerprint density at radius 1 is 0.968 bits per heavy atom. The molecule has 0 radical (unpaired) electrons. The molecule has 3 saturated heterocycles. The predicted molar refractivity (Wildman–Crippen MR) is 238 cm³/mol. The molecular weight excluding hydrogens is 823 g/mol. The highest BCUT2D eigenvalue weighted by Crippen LogP contribution is 2.54. The molecule has 1 spiro atoms. The Hall–Kier alpha value is -5.91. The van der Waals surface area contributed by atoms with Gasteiger partial charge in [-0.05, 0) is 118 Å². The van der Waals surface area contributed by atoms with Gasteiger partial charge in [0, 0.05) is 61.0 Å². The average molecular weight is 876 g/mol. The number of nitro groups is 1. The first-order chi connectivity index (χ1) is 30.4. The van der Waals surface area contributed by atoms with E-state index in [0.29, 0.717) is 61.1 Å². The monoisotopic (exact) mass is 875 g/mol. The Balaban J connectivity index is 0.909. The summed E-state index contributed by atoms with van der Waals surface area (Å²) in [5.74, 6) is -0.293. The molecule has 4 N–H and O–H groups in total. The standard InChI is InChI=1S/C46H53N9O7S/c1-29(2)35-6-3-4-7-36(35)39-8-5-19-54(39)32-25-46(26-32)14-20-53(21-15-46)42-24-41(62-33-22-31-13-18-48-43(31)50-27-33)37(28-49-42)45(57)52-63(60,61)34-9-10-38(40(23-34)55(58)59)51-44(56)30-11-16-47-17-12-30/h3-4,6-7,9-10,13,18,22-24,27-30,32,39,47H,5,8,11-12,14-17,19-21,25-26H2,1-2H3,(H,48,50)(H,51,56)(H,52,57). The lowest BCUT2D eigenvalue weighted by molar-refractivity contribution is -0.384. The molecule has 4 fully saturated rings. The van der Waals surface area contributed by atoms with Crippen molar-refractivity contribution >= 4 is 50.1 Å². The zero-order valence-corrected chi connectivity index (χ0v) is 36.3. The lowest BCUT2D eigenvalue weighted by Gasteiger charge is -2.56. The Bertz CT molecular complexity index is 2650. The van der Waals surface area contributed by atoms with Gasteiger partial charge in [-0.2, -0.15) is 0 Å². The number of nitrogens with zero attached hydrogens (tertiary/aromatic N) is 5. The third kappa shape index (κ3) is 8.73. The molecule has 5 aromatic rings. The lowest BCUT2D eigenvalue weighted by atomic mass is 9.60. The molecule has 63 heavy (non-hydrogen) atoms. The van der Waals surface area contributed by atoms with Crippen molar-refractivity contribution in [1.29, 1.82) is 0 Å². The molecular formula is C46H53N9O7S. The maximum atomic E-state index is 13.9. The second kappa shape index (κ2) is 17.3. The second-order valence-electron chi connectivity index (χ2n) is 17.8. The van der Waals surface area contributed by atoms with Gasteiger partial charge in [0.15, 0.2) is 0 Å². The normalized spacial score (nSPS) is 19.6. The van der Waals surface area contributed by atoms with Crippen LogP contribution in [-0.4, -0.2) is 83.8 Å². The summed E-state index contributed by atoms with van der Waals surface area (Å²) in [6, 6.07) is 18.3. The Labute approximate surface area is 366 Å². The highest BCUT2D eigenvalue weighted by Gasteiger charge is 2.50. The molecule has 3 aliphatic heterocycles. The summed E-state index contributed by atoms with van der Waals surface area (Å²) in [4.78, 5) is 54.6. The number of carbonyl (C=O) groups excluding carboxylic acids is 2. The van der Waals surface area contributed by atoms with E-state index < -0.39 is 31.4 Å². The summed E-state index contributed by atoms with van der Waals surface area (Å²) in [6.07, 6.45) is 12.5. The second-order valence-corrected chi connectivity index (χ2v) is 19.5. The van der Waals surface area contributed by atoms with Gasteiger partial charge in [-0.1, -0.05) is 38.1 Å². The molecule has 0 bridgehead atoms. The van der Waals surface area contributed by atoms with Crippen molar-refractivity contribution in [3.05, 3.63) is 106 Å². The van der Waals surface area contributed by atoms with E-state index in [1.54, 1.807) is 18.3 Å². The number of likely N-dealkylation sites (tertiary alicyclic amines) is 1. The molecule has 16 nitrogen and oxygen atoms in total. The summed E-state index contributed by atoms with van der Waals surface area (Å²) in [6.45, 7) is 8.52. The Morgan fingerprint density at radius 2 is 1.75 bits per heavy atom. The summed E-state index contributed by atoms with van der Waals surface area (Å²) >= 11 is 0. The van der Waals surface area contributed by atoms with Gasteiger partial charge in [0.2, 0.25) is 5.91 Å². The molecule has 1 saturated carbocycles. The van der Waals surface area contributed by atoms with Gasteiger partial charge in [0.05, 0.1) is 16.0 Å². The molecule has 17 heteroatoms. The van der Waals surface area contributed by atoms with Crippen LogP contribution in [0.5, 0.6) is 11.5 Å². The van der Waals surface area contributed by atoms with E-state index >= 15 is 0 Å². The van der Waals surface area contributed by atoms with Crippen LogP contribution in [0.2, 0.25) is 0 Å². The number of carbonyl (C=O) groups is 2. The number of nitro benzene ring substituents is 1. The first-order valence-corrected chi connectivity index (χ1v) is 23.4. The van der Waals surface area contributed by atoms with Gasteiger partial charge in [0.25, 0.3) is 21.6 Å². The minimum Gasteiger partial charge on any atom is -0.455 e. The van der Waals surface area contributed by atoms with Crippen molar-refractivity contribution in [2.45, 2.75) is 88.1 Å². The number of H-pyrrole nitrogens is 1. The van der Waals surface area contributed by atoms with Gasteiger partial charge >= 0.3 is 0 Å². The average Bonchev–Trinajstić information content (AvgIpc) is 3.96. The van der Waals surface area contributed by atoms with Crippen LogP contribution < -0.4 is 25.0 Å². The smallest absolute Gasteiger partial charge is 0.294 e. The maximum Gasteiger partial charge on any atom is 0.294 e. The van der Waals surface area contributed by atoms with Crippen molar-refractivity contribution in [2.24, 2.45) is 11.3 Å². The first-order valence-electron chi connectivity index (χ1n) is 21.9. The van der Waals surface area contributed by atoms with Crippen LogP contribution in [0, 0.1) is 21.4 Å². The molecule has 4 aliphatic rings. The zero-order valence-electron chi connectivity index (χ0n) is 35.5. The molecule has 330 valence electrons. The summed E-state index contributed by atoms with van der Waals surface area (Å²) in [7, 11) is -4.66. The van der Waals surface area contributed by atoms with Crippen LogP contribution >= 0.6 is 0 Å². The fourth-order valence-electron chi connectivity index (χ4n) is 10.1. The van der Waals surface area contributed by atoms with Gasteiger partial charge in [-0.3, -0.25) is 24.6 Å². The molecule has 2 aromatic carbocycles. The van der Waals surface area contributed by atoms with Crippen molar-refractivity contribution in [1.82, 2.24) is 29.9 Å². The number of hydrogen-bond acceptors (Lipinski definition) is 12. The highest BCUT2D eigenvalue weighted by molar-refractivity contribution is 7.90. The predicted octanol–water partition coefficient (Wildman–Crippen LogP) is 7.42. The third-order valence-corrected chi connectivity index (χ3v) is 14.9. The topological polar surface area (TPSA) is 205 Å². The fourth-order valence-corrected chi connectivity index (χ4v) is 11.1. The van der Waals surface area contributed by atoms with Gasteiger partial charge in [-0.25, -0.2) is 23.1 Å². The van der Waals surface area contributed by atoms with E-state index in [2.05, 4.69) is 78.2 Å². The van der Waals surface area contributed by atoms with Crippen molar-refractivity contribution < 1.29 is 27.7 Å². The van der Waals surface area contributed by atoms with E-state index in [4.69, 9.17) is 4.74 Å². The number of nitrogens with one attached hydrogen (secondary N) is 4. The van der Waals surface area contributed by atoms with Crippen LogP contribution in [0.15, 0.2) is 84.1 Å². The van der Waals surface area contributed by atoms with Crippen LogP contribution in [0.4, 0.5) is 17.2 Å².